The molecule has 0 fully saturated rings. The lowest BCUT2D eigenvalue weighted by molar-refractivity contribution is -0.115. The number of halogens is 1. The van der Waals surface area contributed by atoms with E-state index in [1.807, 2.05) is 25.1 Å². The molecule has 0 aliphatic carbocycles. The lowest BCUT2D eigenvalue weighted by Gasteiger charge is -2.19. The number of carbonyl (C=O) groups excluding carboxylic acids is 1. The summed E-state index contributed by atoms with van der Waals surface area (Å²) in [6.07, 6.45) is 1.52. The zero-order valence-corrected chi connectivity index (χ0v) is 16.6. The van der Waals surface area contributed by atoms with Gasteiger partial charge in [0.05, 0.1) is 5.69 Å². The number of nitrogens with zero attached hydrogens (tertiary/aromatic N) is 2. The first-order valence-electron chi connectivity index (χ1n) is 9.73. The number of anilines is 2. The summed E-state index contributed by atoms with van der Waals surface area (Å²) in [5.74, 6) is -1.35. The highest BCUT2D eigenvalue weighted by atomic mass is 19.1. The molecule has 1 aliphatic rings. The van der Waals surface area contributed by atoms with Gasteiger partial charge < -0.3 is 15.5 Å². The van der Waals surface area contributed by atoms with Crippen LogP contribution in [0.25, 0.3) is 0 Å². The van der Waals surface area contributed by atoms with Crippen molar-refractivity contribution in [1.82, 2.24) is 4.90 Å². The van der Waals surface area contributed by atoms with Gasteiger partial charge in [0.1, 0.15) is 11.7 Å². The number of benzene rings is 2. The largest absolute Gasteiger partial charge is 0.384 e. The van der Waals surface area contributed by atoms with E-state index in [0.717, 1.165) is 43.1 Å². The van der Waals surface area contributed by atoms with Gasteiger partial charge in [0, 0.05) is 36.2 Å². The second kappa shape index (κ2) is 8.97. The Labute approximate surface area is 165 Å². The third-order valence-electron chi connectivity index (χ3n) is 5.12. The van der Waals surface area contributed by atoms with E-state index in [1.165, 1.54) is 12.3 Å². The van der Waals surface area contributed by atoms with E-state index in [1.54, 1.807) is 12.1 Å². The molecule has 2 aromatic rings. The maximum atomic E-state index is 14.1. The lowest BCUT2D eigenvalue weighted by atomic mass is 10.0. The van der Waals surface area contributed by atoms with Crippen LogP contribution in [0.3, 0.4) is 0 Å². The van der Waals surface area contributed by atoms with E-state index in [2.05, 4.69) is 34.4 Å². The quantitative estimate of drug-likeness (QED) is 0.668. The second-order valence-electron chi connectivity index (χ2n) is 6.90. The van der Waals surface area contributed by atoms with Crippen molar-refractivity contribution in [3.63, 3.8) is 0 Å². The van der Waals surface area contributed by atoms with Gasteiger partial charge in [0.2, 0.25) is 5.91 Å². The van der Waals surface area contributed by atoms with E-state index < -0.39 is 11.7 Å². The minimum absolute atomic E-state index is 0.254. The van der Waals surface area contributed by atoms with Gasteiger partial charge in [-0.15, -0.1) is 0 Å². The Kier molecular flexibility index (Phi) is 6.41. The van der Waals surface area contributed by atoms with Gasteiger partial charge in [0.15, 0.2) is 0 Å². The Morgan fingerprint density at radius 2 is 2.04 bits per heavy atom. The number of aryl methyl sites for hydroxylation is 1. The maximum Gasteiger partial charge on any atom is 0.237 e. The molecule has 0 spiro atoms. The number of likely N-dealkylation sites (N-methyl/N-ethyl adjacent to an activating group) is 1. The standard InChI is InChI=1S/C22H27FN4O/c1-4-27(5-2)12-11-24-19-10-9-16(13-15(19)3)25-14-17-21-18(23)7-6-8-20(21)26-22(17)28/h6-10,13-14,17,24H,4-5,11-12H2,1-3H3,(H,26,28). The number of carbonyl (C=O) groups is 1. The van der Waals surface area contributed by atoms with Crippen molar-refractivity contribution in [2.75, 3.05) is 36.8 Å². The number of aliphatic imine (C=N–C) groups is 1. The number of hydrogen-bond acceptors (Lipinski definition) is 4. The Morgan fingerprint density at radius 1 is 1.25 bits per heavy atom. The molecule has 2 aromatic carbocycles. The van der Waals surface area contributed by atoms with E-state index in [9.17, 15) is 9.18 Å². The molecule has 0 aromatic heterocycles. The SMILES string of the molecule is CCN(CC)CCNc1ccc(N=CC2C(=O)Nc3cccc(F)c32)cc1C. The molecule has 0 saturated heterocycles. The molecule has 0 bridgehead atoms. The van der Waals surface area contributed by atoms with Crippen molar-refractivity contribution < 1.29 is 9.18 Å². The molecule has 0 radical (unpaired) electrons. The van der Waals surface area contributed by atoms with Crippen LogP contribution in [-0.2, 0) is 4.79 Å². The molecule has 6 heteroatoms. The third-order valence-corrected chi connectivity index (χ3v) is 5.12. The molecule has 2 N–H and O–H groups in total. The monoisotopic (exact) mass is 382 g/mol. The van der Waals surface area contributed by atoms with Crippen LogP contribution < -0.4 is 10.6 Å². The highest BCUT2D eigenvalue weighted by Crippen LogP contribution is 2.34. The first kappa shape index (κ1) is 20.0. The molecule has 1 aliphatic heterocycles. The number of fused-ring (bicyclic) bond motifs is 1. The topological polar surface area (TPSA) is 56.7 Å². The minimum atomic E-state index is -0.705. The predicted molar refractivity (Wildman–Crippen MR) is 113 cm³/mol. The summed E-state index contributed by atoms with van der Waals surface area (Å²) in [5.41, 5.74) is 3.77. The van der Waals surface area contributed by atoms with E-state index in [0.29, 0.717) is 11.3 Å². The Morgan fingerprint density at radius 3 is 2.75 bits per heavy atom. The molecule has 1 amide bonds. The summed E-state index contributed by atoms with van der Waals surface area (Å²) in [4.78, 5) is 19.0. The summed E-state index contributed by atoms with van der Waals surface area (Å²) >= 11 is 0. The minimum Gasteiger partial charge on any atom is -0.384 e. The molecule has 3 rings (SSSR count). The number of amides is 1. The Balaban J connectivity index is 1.67. The molecule has 1 heterocycles. The van der Waals surface area contributed by atoms with E-state index in [4.69, 9.17) is 0 Å². The fourth-order valence-corrected chi connectivity index (χ4v) is 3.42. The Hall–Kier alpha value is -2.73. The van der Waals surface area contributed by atoms with Crippen LogP contribution in [0.4, 0.5) is 21.5 Å². The summed E-state index contributed by atoms with van der Waals surface area (Å²) in [6, 6.07) is 10.5. The third kappa shape index (κ3) is 4.39. The fraction of sp³-hybridized carbons (Fsp3) is 0.364. The van der Waals surface area contributed by atoms with Crippen molar-refractivity contribution in [1.29, 1.82) is 0 Å². The average Bonchev–Trinajstić information content (AvgIpc) is 3.01. The second-order valence-corrected chi connectivity index (χ2v) is 6.90. The van der Waals surface area contributed by atoms with Crippen LogP contribution in [0, 0.1) is 12.7 Å². The van der Waals surface area contributed by atoms with Crippen molar-refractivity contribution in [3.05, 3.63) is 53.3 Å². The summed E-state index contributed by atoms with van der Waals surface area (Å²) in [7, 11) is 0. The van der Waals surface area contributed by atoms with Crippen LogP contribution in [0.1, 0.15) is 30.9 Å². The molecular weight excluding hydrogens is 355 g/mol. The number of nitrogens with one attached hydrogen (secondary N) is 2. The van der Waals surface area contributed by atoms with Gasteiger partial charge in [-0.2, -0.15) is 0 Å². The highest BCUT2D eigenvalue weighted by molar-refractivity contribution is 6.12. The van der Waals surface area contributed by atoms with Crippen LogP contribution in [0.15, 0.2) is 41.4 Å². The molecule has 0 saturated carbocycles. The van der Waals surface area contributed by atoms with Gasteiger partial charge in [-0.25, -0.2) is 4.39 Å². The van der Waals surface area contributed by atoms with Crippen molar-refractivity contribution in [2.24, 2.45) is 4.99 Å². The summed E-state index contributed by atoms with van der Waals surface area (Å²) in [5, 5.41) is 6.16. The molecule has 1 atom stereocenters. The molecular formula is C22H27FN4O. The van der Waals surface area contributed by atoms with Crippen LogP contribution in [0.5, 0.6) is 0 Å². The zero-order valence-electron chi connectivity index (χ0n) is 16.6. The van der Waals surface area contributed by atoms with Crippen LogP contribution in [-0.4, -0.2) is 43.2 Å². The smallest absolute Gasteiger partial charge is 0.237 e. The van der Waals surface area contributed by atoms with Gasteiger partial charge in [-0.05, 0) is 55.9 Å². The van der Waals surface area contributed by atoms with Crippen LogP contribution >= 0.6 is 0 Å². The normalized spacial score (nSPS) is 15.9. The first-order valence-corrected chi connectivity index (χ1v) is 9.73. The fourth-order valence-electron chi connectivity index (χ4n) is 3.42. The molecule has 5 nitrogen and oxygen atoms in total. The molecule has 148 valence electrons. The maximum absolute atomic E-state index is 14.1. The van der Waals surface area contributed by atoms with Gasteiger partial charge in [-0.3, -0.25) is 9.79 Å². The van der Waals surface area contributed by atoms with Gasteiger partial charge in [0.25, 0.3) is 0 Å². The van der Waals surface area contributed by atoms with E-state index >= 15 is 0 Å². The van der Waals surface area contributed by atoms with Crippen molar-refractivity contribution >= 4 is 29.2 Å². The summed E-state index contributed by atoms with van der Waals surface area (Å²) in [6.45, 7) is 10.3. The van der Waals surface area contributed by atoms with Gasteiger partial charge in [-0.1, -0.05) is 19.9 Å². The first-order chi connectivity index (χ1) is 13.5. The Bertz CT molecular complexity index is 877. The predicted octanol–water partition coefficient (Wildman–Crippen LogP) is 4.33. The lowest BCUT2D eigenvalue weighted by Crippen LogP contribution is -2.28. The summed E-state index contributed by atoms with van der Waals surface area (Å²) < 4.78 is 14.1. The van der Waals surface area contributed by atoms with Gasteiger partial charge >= 0.3 is 0 Å². The van der Waals surface area contributed by atoms with E-state index in [-0.39, 0.29) is 5.91 Å². The van der Waals surface area contributed by atoms with Crippen LogP contribution in [0.2, 0.25) is 0 Å². The number of hydrogen-bond donors (Lipinski definition) is 2. The van der Waals surface area contributed by atoms with Crippen molar-refractivity contribution in [3.8, 4) is 0 Å². The molecule has 1 unspecified atom stereocenters. The average molecular weight is 382 g/mol. The highest BCUT2D eigenvalue weighted by Gasteiger charge is 2.31. The zero-order chi connectivity index (χ0) is 20.1. The van der Waals surface area contributed by atoms with Crippen molar-refractivity contribution in [2.45, 2.75) is 26.7 Å². The number of rotatable bonds is 8. The molecule has 28 heavy (non-hydrogen) atoms.